The minimum atomic E-state index is -0.168. The first-order valence-electron chi connectivity index (χ1n) is 13.6. The predicted octanol–water partition coefficient (Wildman–Crippen LogP) is 4.63. The quantitative estimate of drug-likeness (QED) is 0.427. The highest BCUT2D eigenvalue weighted by Crippen LogP contribution is 2.41. The third kappa shape index (κ3) is 5.70. The summed E-state index contributed by atoms with van der Waals surface area (Å²) in [6.45, 7) is 11.6. The maximum absolute atomic E-state index is 15.2. The molecular weight excluding hydrogens is 467 g/mol. The van der Waals surface area contributed by atoms with Crippen LogP contribution in [0.4, 0.5) is 10.1 Å². The summed E-state index contributed by atoms with van der Waals surface area (Å²) < 4.78 is 17.1. The van der Waals surface area contributed by atoms with Gasteiger partial charge in [0.05, 0.1) is 17.6 Å². The summed E-state index contributed by atoms with van der Waals surface area (Å²) in [4.78, 5) is 14.0. The van der Waals surface area contributed by atoms with Crippen LogP contribution in [0.2, 0.25) is 0 Å². The van der Waals surface area contributed by atoms with E-state index in [1.807, 2.05) is 42.3 Å². The largest absolute Gasteiger partial charge is 0.396 e. The smallest absolute Gasteiger partial charge is 0.146 e. The molecule has 7 nitrogen and oxygen atoms in total. The van der Waals surface area contributed by atoms with Gasteiger partial charge in [0.15, 0.2) is 0 Å². The summed E-state index contributed by atoms with van der Waals surface area (Å²) in [7, 11) is 0. The average Bonchev–Trinajstić information content (AvgIpc) is 3.36. The summed E-state index contributed by atoms with van der Waals surface area (Å²) in [5.41, 5.74) is 4.82. The van der Waals surface area contributed by atoms with Gasteiger partial charge in [0.1, 0.15) is 11.6 Å². The highest BCUT2D eigenvalue weighted by molar-refractivity contribution is 5.60. The molecule has 198 valence electrons. The van der Waals surface area contributed by atoms with Crippen molar-refractivity contribution in [1.82, 2.24) is 24.6 Å². The zero-order chi connectivity index (χ0) is 26.0. The second-order valence-electron chi connectivity index (χ2n) is 11.2. The van der Waals surface area contributed by atoms with E-state index in [9.17, 15) is 0 Å². The van der Waals surface area contributed by atoms with E-state index in [4.69, 9.17) is 10.1 Å². The molecule has 5 rings (SSSR count). The van der Waals surface area contributed by atoms with Gasteiger partial charge in [-0.25, -0.2) is 14.4 Å². The number of likely N-dealkylation sites (tertiary alicyclic amines) is 1. The Labute approximate surface area is 219 Å². The molecule has 8 heteroatoms. The number of aromatic nitrogens is 4. The zero-order valence-electron chi connectivity index (χ0n) is 22.3. The number of rotatable bonds is 9. The molecule has 1 N–H and O–H groups in total. The van der Waals surface area contributed by atoms with Crippen LogP contribution in [0.5, 0.6) is 0 Å². The molecule has 3 aromatic rings. The monoisotopic (exact) mass is 506 g/mol. The first-order chi connectivity index (χ1) is 17.9. The lowest BCUT2D eigenvalue weighted by molar-refractivity contribution is -0.0194. The van der Waals surface area contributed by atoms with Crippen molar-refractivity contribution in [2.75, 3.05) is 44.2 Å². The van der Waals surface area contributed by atoms with Crippen LogP contribution in [-0.2, 0) is 6.42 Å². The third-order valence-corrected chi connectivity index (χ3v) is 7.97. The van der Waals surface area contributed by atoms with Gasteiger partial charge in [-0.3, -0.25) is 4.68 Å². The molecule has 2 aliphatic heterocycles. The molecule has 2 saturated heterocycles. The van der Waals surface area contributed by atoms with Crippen molar-refractivity contribution >= 4 is 5.69 Å². The van der Waals surface area contributed by atoms with Gasteiger partial charge in [0, 0.05) is 63.2 Å². The van der Waals surface area contributed by atoms with E-state index < -0.39 is 0 Å². The van der Waals surface area contributed by atoms with E-state index in [2.05, 4.69) is 33.7 Å². The van der Waals surface area contributed by atoms with E-state index in [0.717, 1.165) is 80.8 Å². The fraction of sp³-hybridized carbons (Fsp3) is 0.552. The lowest BCUT2D eigenvalue weighted by atomic mass is 9.72. The number of aliphatic hydroxyl groups is 1. The van der Waals surface area contributed by atoms with Crippen LogP contribution < -0.4 is 4.90 Å². The molecule has 2 fully saturated rings. The highest BCUT2D eigenvalue weighted by Gasteiger charge is 2.44. The molecule has 37 heavy (non-hydrogen) atoms. The predicted molar refractivity (Wildman–Crippen MR) is 144 cm³/mol. The Balaban J connectivity index is 1.20. The minimum Gasteiger partial charge on any atom is -0.396 e. The summed E-state index contributed by atoms with van der Waals surface area (Å²) in [5, 5.41) is 13.4. The van der Waals surface area contributed by atoms with Crippen molar-refractivity contribution in [2.24, 2.45) is 5.41 Å². The standard InChI is InChI=1S/C29H39FN6O/c1-21(2)36-18-24(17-32-36)28-22(3)16-31-27(33-28)15-23-6-7-26(25(30)14-23)35-11-8-29(9-12-35)19-34(20-29)10-4-5-13-37/h6-7,14,16-18,21,37H,4-5,8-13,15,19-20H2,1-3H3. The van der Waals surface area contributed by atoms with Gasteiger partial charge in [-0.15, -0.1) is 0 Å². The summed E-state index contributed by atoms with van der Waals surface area (Å²) in [6, 6.07) is 5.86. The van der Waals surface area contributed by atoms with Crippen molar-refractivity contribution in [2.45, 2.75) is 58.9 Å². The SMILES string of the molecule is Cc1cnc(Cc2ccc(N3CCC4(CC3)CN(CCCCO)C4)c(F)c2)nc1-c1cnn(C(C)C)c1. The molecule has 0 amide bonds. The first-order valence-corrected chi connectivity index (χ1v) is 13.6. The number of hydrogen-bond acceptors (Lipinski definition) is 6. The Kier molecular flexibility index (Phi) is 7.58. The number of piperidine rings is 1. The van der Waals surface area contributed by atoms with Crippen LogP contribution in [0.3, 0.4) is 0 Å². The molecule has 0 aliphatic carbocycles. The zero-order valence-corrected chi connectivity index (χ0v) is 22.3. The fourth-order valence-corrected chi connectivity index (χ4v) is 5.74. The average molecular weight is 507 g/mol. The molecule has 2 aliphatic rings. The lowest BCUT2D eigenvalue weighted by Gasteiger charge is -2.54. The van der Waals surface area contributed by atoms with Gasteiger partial charge >= 0.3 is 0 Å². The normalized spacial score (nSPS) is 17.5. The van der Waals surface area contributed by atoms with Crippen LogP contribution in [0.25, 0.3) is 11.3 Å². The van der Waals surface area contributed by atoms with E-state index in [-0.39, 0.29) is 18.5 Å². The fourth-order valence-electron chi connectivity index (χ4n) is 5.74. The Morgan fingerprint density at radius 2 is 1.89 bits per heavy atom. The van der Waals surface area contributed by atoms with E-state index >= 15 is 4.39 Å². The van der Waals surface area contributed by atoms with E-state index in [1.165, 1.54) is 0 Å². The maximum atomic E-state index is 15.2. The molecule has 2 aromatic heterocycles. The lowest BCUT2D eigenvalue weighted by Crippen LogP contribution is -2.60. The molecule has 0 saturated carbocycles. The maximum Gasteiger partial charge on any atom is 0.146 e. The Hall–Kier alpha value is -2.84. The Morgan fingerprint density at radius 1 is 1.11 bits per heavy atom. The minimum absolute atomic E-state index is 0.168. The number of halogens is 1. The van der Waals surface area contributed by atoms with Gasteiger partial charge < -0.3 is 14.9 Å². The summed E-state index contributed by atoms with van der Waals surface area (Å²) in [5.74, 6) is 0.511. The number of anilines is 1. The number of aliphatic hydroxyl groups excluding tert-OH is 1. The first kappa shape index (κ1) is 25.8. The van der Waals surface area contributed by atoms with Gasteiger partial charge in [0.2, 0.25) is 0 Å². The van der Waals surface area contributed by atoms with E-state index in [0.29, 0.717) is 23.3 Å². The summed E-state index contributed by atoms with van der Waals surface area (Å²) in [6.07, 6.45) is 10.3. The van der Waals surface area contributed by atoms with Crippen LogP contribution in [0.15, 0.2) is 36.8 Å². The van der Waals surface area contributed by atoms with Gasteiger partial charge in [-0.1, -0.05) is 6.07 Å². The molecule has 1 spiro atoms. The van der Waals surface area contributed by atoms with Crippen molar-refractivity contribution in [3.05, 3.63) is 59.6 Å². The molecule has 0 radical (unpaired) electrons. The number of hydrogen-bond donors (Lipinski definition) is 1. The van der Waals surface area contributed by atoms with Crippen LogP contribution in [0, 0.1) is 18.2 Å². The summed E-state index contributed by atoms with van der Waals surface area (Å²) >= 11 is 0. The van der Waals surface area contributed by atoms with Gasteiger partial charge in [0.25, 0.3) is 0 Å². The van der Waals surface area contributed by atoms with E-state index in [1.54, 1.807) is 6.07 Å². The van der Waals surface area contributed by atoms with Crippen LogP contribution in [0.1, 0.15) is 62.5 Å². The van der Waals surface area contributed by atoms with Crippen LogP contribution >= 0.6 is 0 Å². The van der Waals surface area contributed by atoms with Crippen molar-refractivity contribution < 1.29 is 9.50 Å². The molecule has 0 unspecified atom stereocenters. The van der Waals surface area contributed by atoms with Crippen molar-refractivity contribution in [3.8, 4) is 11.3 Å². The van der Waals surface area contributed by atoms with Crippen LogP contribution in [-0.4, -0.2) is 69.1 Å². The number of unbranched alkanes of at least 4 members (excludes halogenated alkanes) is 1. The highest BCUT2D eigenvalue weighted by atomic mass is 19.1. The number of aryl methyl sites for hydroxylation is 1. The van der Waals surface area contributed by atoms with Gasteiger partial charge in [-0.05, 0) is 81.7 Å². The van der Waals surface area contributed by atoms with Crippen molar-refractivity contribution in [1.29, 1.82) is 0 Å². The van der Waals surface area contributed by atoms with Crippen molar-refractivity contribution in [3.63, 3.8) is 0 Å². The second-order valence-corrected chi connectivity index (χ2v) is 11.2. The topological polar surface area (TPSA) is 70.3 Å². The Bertz CT molecular complexity index is 1210. The molecular formula is C29H39FN6O. The van der Waals surface area contributed by atoms with Gasteiger partial charge in [-0.2, -0.15) is 5.10 Å². The molecule has 0 bridgehead atoms. The second kappa shape index (κ2) is 10.9. The number of nitrogens with zero attached hydrogens (tertiary/aromatic N) is 6. The number of benzene rings is 1. The third-order valence-electron chi connectivity index (χ3n) is 7.97. The molecule has 4 heterocycles. The molecule has 1 aromatic carbocycles. The Morgan fingerprint density at radius 3 is 2.57 bits per heavy atom. The molecule has 0 atom stereocenters.